The Morgan fingerprint density at radius 2 is 1.81 bits per heavy atom. The number of ether oxygens (including phenoxy) is 1. The first-order valence-corrected chi connectivity index (χ1v) is 8.07. The van der Waals surface area contributed by atoms with Gasteiger partial charge in [-0.2, -0.15) is 0 Å². The highest BCUT2D eigenvalue weighted by Crippen LogP contribution is 2.14. The highest BCUT2D eigenvalue weighted by atomic mass is 32.2. The van der Waals surface area contributed by atoms with Crippen LogP contribution in [0.25, 0.3) is 0 Å². The Balaban J connectivity index is 1.76. The smallest absolute Gasteiger partial charge is 0.139 e. The van der Waals surface area contributed by atoms with E-state index in [1.807, 2.05) is 24.3 Å². The minimum atomic E-state index is -1.33. The molecule has 0 spiro atoms. The molecule has 0 saturated heterocycles. The van der Waals surface area contributed by atoms with Crippen LogP contribution >= 0.6 is 0 Å². The molecule has 0 radical (unpaired) electrons. The van der Waals surface area contributed by atoms with Crippen LogP contribution in [0.15, 0.2) is 53.4 Å². The van der Waals surface area contributed by atoms with E-state index in [0.29, 0.717) is 25.3 Å². The van der Waals surface area contributed by atoms with Crippen molar-refractivity contribution in [3.8, 4) is 5.75 Å². The molecule has 0 heterocycles. The van der Waals surface area contributed by atoms with Gasteiger partial charge in [0.05, 0.1) is 22.3 Å². The average molecular weight is 307 g/mol. The van der Waals surface area contributed by atoms with Crippen LogP contribution in [-0.2, 0) is 17.3 Å². The zero-order chi connectivity index (χ0) is 15.1. The van der Waals surface area contributed by atoms with E-state index in [4.69, 9.17) is 10.5 Å². The molecule has 0 aromatic heterocycles. The molecule has 2 rings (SSSR count). The first kappa shape index (κ1) is 15.7. The minimum absolute atomic E-state index is 0.254. The lowest BCUT2D eigenvalue weighted by molar-refractivity contribution is 0.318. The summed E-state index contributed by atoms with van der Waals surface area (Å²) in [4.78, 5) is 0.254. The minimum Gasteiger partial charge on any atom is -0.494 e. The van der Waals surface area contributed by atoms with Gasteiger partial charge in [-0.3, -0.25) is 4.21 Å². The van der Waals surface area contributed by atoms with E-state index in [-0.39, 0.29) is 4.90 Å². The van der Waals surface area contributed by atoms with Gasteiger partial charge in [-0.25, -0.2) is 4.39 Å². The molecule has 2 aromatic carbocycles. The van der Waals surface area contributed by atoms with Crippen LogP contribution in [0.4, 0.5) is 4.39 Å². The molecule has 0 fully saturated rings. The van der Waals surface area contributed by atoms with Crippen LogP contribution in [0.5, 0.6) is 5.75 Å². The third-order valence-electron chi connectivity index (χ3n) is 2.98. The number of benzene rings is 2. The zero-order valence-electron chi connectivity index (χ0n) is 11.6. The zero-order valence-corrected chi connectivity index (χ0v) is 12.4. The van der Waals surface area contributed by atoms with Crippen molar-refractivity contribution in [2.75, 3.05) is 12.4 Å². The summed E-state index contributed by atoms with van der Waals surface area (Å²) in [5, 5.41) is 0. The molecular weight excluding hydrogens is 289 g/mol. The molecule has 2 N–H and O–H groups in total. The summed E-state index contributed by atoms with van der Waals surface area (Å²) in [6.45, 7) is 0.948. The van der Waals surface area contributed by atoms with Gasteiger partial charge in [0.2, 0.25) is 0 Å². The van der Waals surface area contributed by atoms with E-state index in [2.05, 4.69) is 0 Å². The lowest BCUT2D eigenvalue weighted by Crippen LogP contribution is -2.06. The summed E-state index contributed by atoms with van der Waals surface area (Å²) in [5.74, 6) is 0.708. The standard InChI is InChI=1S/C16H18FNO2S/c17-15-4-1-2-5-16(15)21(19)11-3-10-20-14-8-6-13(12-18)7-9-14/h1-2,4-9H,3,10-12,18H2. The van der Waals surface area contributed by atoms with E-state index < -0.39 is 16.6 Å². The van der Waals surface area contributed by atoms with E-state index in [9.17, 15) is 8.60 Å². The molecule has 5 heteroatoms. The van der Waals surface area contributed by atoms with Crippen LogP contribution < -0.4 is 10.5 Å². The van der Waals surface area contributed by atoms with Crippen molar-refractivity contribution in [1.29, 1.82) is 0 Å². The van der Waals surface area contributed by atoms with Gasteiger partial charge in [-0.15, -0.1) is 0 Å². The van der Waals surface area contributed by atoms with Crippen molar-refractivity contribution in [2.24, 2.45) is 5.73 Å². The van der Waals surface area contributed by atoms with Gasteiger partial charge in [0, 0.05) is 12.3 Å². The van der Waals surface area contributed by atoms with Crippen LogP contribution in [0.3, 0.4) is 0 Å². The fourth-order valence-corrected chi connectivity index (χ4v) is 2.96. The maximum atomic E-state index is 13.5. The second-order valence-corrected chi connectivity index (χ2v) is 6.07. The maximum Gasteiger partial charge on any atom is 0.139 e. The molecular formula is C16H18FNO2S. The normalized spacial score (nSPS) is 12.1. The molecule has 21 heavy (non-hydrogen) atoms. The topological polar surface area (TPSA) is 52.3 Å². The molecule has 2 aromatic rings. The van der Waals surface area contributed by atoms with Crippen molar-refractivity contribution >= 4 is 10.8 Å². The van der Waals surface area contributed by atoms with E-state index >= 15 is 0 Å². The monoisotopic (exact) mass is 307 g/mol. The van der Waals surface area contributed by atoms with Crippen LogP contribution in [0.2, 0.25) is 0 Å². The summed E-state index contributed by atoms with van der Waals surface area (Å²) in [6, 6.07) is 13.7. The fourth-order valence-electron chi connectivity index (χ4n) is 1.84. The Bertz CT molecular complexity index is 601. The predicted molar refractivity (Wildman–Crippen MR) is 82.1 cm³/mol. The third-order valence-corrected chi connectivity index (χ3v) is 4.46. The molecule has 3 nitrogen and oxygen atoms in total. The summed E-state index contributed by atoms with van der Waals surface area (Å²) in [7, 11) is -1.33. The fraction of sp³-hybridized carbons (Fsp3) is 0.250. The highest BCUT2D eigenvalue weighted by Gasteiger charge is 2.08. The van der Waals surface area contributed by atoms with Crippen LogP contribution in [-0.4, -0.2) is 16.6 Å². The van der Waals surface area contributed by atoms with Crippen LogP contribution in [0, 0.1) is 5.82 Å². The molecule has 1 atom stereocenters. The Morgan fingerprint density at radius 1 is 1.10 bits per heavy atom. The van der Waals surface area contributed by atoms with E-state index in [0.717, 1.165) is 11.3 Å². The van der Waals surface area contributed by atoms with Crippen LogP contribution in [0.1, 0.15) is 12.0 Å². The van der Waals surface area contributed by atoms with E-state index in [1.54, 1.807) is 18.2 Å². The molecule has 0 saturated carbocycles. The van der Waals surface area contributed by atoms with Gasteiger partial charge >= 0.3 is 0 Å². The number of rotatable bonds is 7. The van der Waals surface area contributed by atoms with Gasteiger partial charge in [-0.05, 0) is 36.2 Å². The first-order chi connectivity index (χ1) is 10.2. The first-order valence-electron chi connectivity index (χ1n) is 6.75. The molecule has 0 aliphatic rings. The predicted octanol–water partition coefficient (Wildman–Crippen LogP) is 2.86. The third kappa shape index (κ3) is 4.65. The summed E-state index contributed by atoms with van der Waals surface area (Å²) < 4.78 is 31.0. The summed E-state index contributed by atoms with van der Waals surface area (Å²) >= 11 is 0. The Labute approximate surface area is 126 Å². The SMILES string of the molecule is NCc1ccc(OCCCS(=O)c2ccccc2F)cc1. The van der Waals surface area contributed by atoms with Crippen molar-refractivity contribution in [1.82, 2.24) is 0 Å². The van der Waals surface area contributed by atoms with Crippen molar-refractivity contribution in [3.05, 3.63) is 59.9 Å². The second kappa shape index (κ2) is 7.90. The molecule has 0 bridgehead atoms. The number of halogens is 1. The molecule has 0 aliphatic heterocycles. The molecule has 0 amide bonds. The summed E-state index contributed by atoms with van der Waals surface area (Å²) in [6.07, 6.45) is 0.597. The van der Waals surface area contributed by atoms with Gasteiger partial charge in [0.15, 0.2) is 0 Å². The average Bonchev–Trinajstić information content (AvgIpc) is 2.52. The van der Waals surface area contributed by atoms with Gasteiger partial charge in [-0.1, -0.05) is 24.3 Å². The second-order valence-electron chi connectivity index (χ2n) is 4.53. The van der Waals surface area contributed by atoms with Crippen molar-refractivity contribution in [3.63, 3.8) is 0 Å². The summed E-state index contributed by atoms with van der Waals surface area (Å²) in [5.41, 5.74) is 6.56. The number of hydrogen-bond donors (Lipinski definition) is 1. The number of hydrogen-bond acceptors (Lipinski definition) is 3. The largest absolute Gasteiger partial charge is 0.494 e. The molecule has 0 aliphatic carbocycles. The van der Waals surface area contributed by atoms with Gasteiger partial charge in [0.1, 0.15) is 11.6 Å². The quantitative estimate of drug-likeness (QED) is 0.800. The Morgan fingerprint density at radius 3 is 2.48 bits per heavy atom. The van der Waals surface area contributed by atoms with Crippen molar-refractivity contribution < 1.29 is 13.3 Å². The van der Waals surface area contributed by atoms with Gasteiger partial charge in [0.25, 0.3) is 0 Å². The molecule has 112 valence electrons. The van der Waals surface area contributed by atoms with E-state index in [1.165, 1.54) is 6.07 Å². The van der Waals surface area contributed by atoms with Crippen molar-refractivity contribution in [2.45, 2.75) is 17.9 Å². The Hall–Kier alpha value is -1.72. The Kier molecular flexibility index (Phi) is 5.90. The highest BCUT2D eigenvalue weighted by molar-refractivity contribution is 7.85. The van der Waals surface area contributed by atoms with Gasteiger partial charge < -0.3 is 10.5 Å². The number of nitrogens with two attached hydrogens (primary N) is 1. The lowest BCUT2D eigenvalue weighted by Gasteiger charge is -2.07. The lowest BCUT2D eigenvalue weighted by atomic mass is 10.2. The maximum absolute atomic E-state index is 13.5. The molecule has 1 unspecified atom stereocenters.